The van der Waals surface area contributed by atoms with E-state index in [1.165, 1.54) is 6.07 Å². The molecule has 3 rings (SSSR count). The number of benzene rings is 1. The molecule has 2 heterocycles. The molecule has 0 saturated carbocycles. The Labute approximate surface area is 175 Å². The highest BCUT2D eigenvalue weighted by Gasteiger charge is 2.19. The van der Waals surface area contributed by atoms with Crippen molar-refractivity contribution in [2.45, 2.75) is 45.9 Å². The molecule has 0 amide bonds. The van der Waals surface area contributed by atoms with E-state index < -0.39 is 11.8 Å². The van der Waals surface area contributed by atoms with Crippen LogP contribution in [-0.2, 0) is 17.8 Å². The summed E-state index contributed by atoms with van der Waals surface area (Å²) in [6, 6.07) is 2.34. The molecule has 152 valence electrons. The number of carbonyl (C=O) groups is 1. The molecule has 0 bridgehead atoms. The minimum absolute atomic E-state index is 0.0310. The Bertz CT molecular complexity index is 999. The van der Waals surface area contributed by atoms with Crippen LogP contribution in [0.25, 0.3) is 0 Å². The highest BCUT2D eigenvalue weighted by Crippen LogP contribution is 2.27. The fraction of sp³-hybridized carbons (Fsp3) is 0.500. The zero-order valence-electron chi connectivity index (χ0n) is 15.6. The van der Waals surface area contributed by atoms with Crippen LogP contribution in [0.1, 0.15) is 37.0 Å². The minimum atomic E-state index is -0.660. The van der Waals surface area contributed by atoms with E-state index in [0.29, 0.717) is 23.6 Å². The van der Waals surface area contributed by atoms with Gasteiger partial charge < -0.3 is 4.74 Å². The van der Waals surface area contributed by atoms with Gasteiger partial charge in [0.2, 0.25) is 4.80 Å². The van der Waals surface area contributed by atoms with Crippen molar-refractivity contribution < 1.29 is 13.9 Å². The number of ether oxygens (including phenoxy) is 1. The molecule has 0 fully saturated rings. The van der Waals surface area contributed by atoms with Gasteiger partial charge in [0.05, 0.1) is 10.6 Å². The van der Waals surface area contributed by atoms with Crippen LogP contribution in [0.15, 0.2) is 21.9 Å². The normalized spacial score (nSPS) is 15.4. The van der Waals surface area contributed by atoms with E-state index in [2.05, 4.69) is 4.99 Å². The van der Waals surface area contributed by atoms with Gasteiger partial charge in [-0.1, -0.05) is 18.5 Å². The van der Waals surface area contributed by atoms with Crippen LogP contribution in [0.5, 0.6) is 0 Å². The van der Waals surface area contributed by atoms with Gasteiger partial charge in [-0.3, -0.25) is 9.48 Å². The summed E-state index contributed by atoms with van der Waals surface area (Å²) in [4.78, 5) is 29.1. The molecule has 1 atom stereocenters. The number of rotatable bonds is 6. The summed E-state index contributed by atoms with van der Waals surface area (Å²) in [7, 11) is 0. The van der Waals surface area contributed by atoms with Crippen LogP contribution >= 0.6 is 34.7 Å². The molecule has 0 radical (unpaired) electrons. The Morgan fingerprint density at radius 2 is 2.11 bits per heavy atom. The second-order valence-corrected chi connectivity index (χ2v) is 9.02. The van der Waals surface area contributed by atoms with Crippen LogP contribution in [0.4, 0.5) is 10.1 Å². The van der Waals surface area contributed by atoms with Gasteiger partial charge >= 0.3 is 10.8 Å². The molecule has 28 heavy (non-hydrogen) atoms. The smallest absolute Gasteiger partial charge is 0.340 e. The van der Waals surface area contributed by atoms with E-state index in [9.17, 15) is 14.0 Å². The van der Waals surface area contributed by atoms with Crippen molar-refractivity contribution in [3.8, 4) is 0 Å². The summed E-state index contributed by atoms with van der Waals surface area (Å²) in [6.45, 7) is 5.09. The summed E-state index contributed by atoms with van der Waals surface area (Å²) in [5.41, 5.74) is 0.00949. The van der Waals surface area contributed by atoms with Gasteiger partial charge in [0.15, 0.2) is 0 Å². The van der Waals surface area contributed by atoms with Gasteiger partial charge in [0, 0.05) is 18.8 Å². The maximum absolute atomic E-state index is 14.4. The summed E-state index contributed by atoms with van der Waals surface area (Å²) >= 11 is 8.68. The third-order valence-electron chi connectivity index (χ3n) is 4.23. The summed E-state index contributed by atoms with van der Waals surface area (Å²) in [6.07, 6.45) is 1.56. The lowest BCUT2D eigenvalue weighted by Gasteiger charge is -2.16. The predicted octanol–water partition coefficient (Wildman–Crippen LogP) is 3.83. The standard InChI is InChI=1S/C18H21ClFN3O3S2/c1-3-27-10-11(2)26-16(24)12-8-15(14(20)9-13(12)19)21-17-22-6-4-5-7-23(22)18(25)28-17/h8-9,11H,3-7,10H2,1-2H3/b21-17+. The van der Waals surface area contributed by atoms with Gasteiger partial charge in [-0.05, 0) is 49.0 Å². The molecule has 1 unspecified atom stereocenters. The molecule has 0 spiro atoms. The van der Waals surface area contributed by atoms with E-state index in [1.54, 1.807) is 28.0 Å². The first-order valence-corrected chi connectivity index (χ1v) is 11.4. The molecule has 6 nitrogen and oxygen atoms in total. The van der Waals surface area contributed by atoms with E-state index in [-0.39, 0.29) is 27.3 Å². The topological polar surface area (TPSA) is 65.6 Å². The molecule has 0 N–H and O–H groups in total. The Balaban J connectivity index is 1.95. The first kappa shape index (κ1) is 21.1. The number of aromatic nitrogens is 2. The largest absolute Gasteiger partial charge is 0.458 e. The summed E-state index contributed by atoms with van der Waals surface area (Å²) in [5, 5.41) is -0.0310. The second-order valence-electron chi connectivity index (χ2n) is 6.37. The molecule has 2 aromatic rings. The number of nitrogens with zero attached hydrogens (tertiary/aromatic N) is 3. The van der Waals surface area contributed by atoms with Crippen LogP contribution in [0.3, 0.4) is 0 Å². The number of fused-ring (bicyclic) bond motifs is 1. The van der Waals surface area contributed by atoms with Crippen molar-refractivity contribution in [3.05, 3.63) is 43.0 Å². The van der Waals surface area contributed by atoms with Gasteiger partial charge in [0.1, 0.15) is 17.6 Å². The molecule has 0 saturated heterocycles. The van der Waals surface area contributed by atoms with E-state index in [0.717, 1.165) is 36.0 Å². The molecular weight excluding hydrogens is 425 g/mol. The maximum atomic E-state index is 14.4. The lowest BCUT2D eigenvalue weighted by molar-refractivity contribution is 0.0386. The number of carbonyl (C=O) groups excluding carboxylic acids is 1. The van der Waals surface area contributed by atoms with Crippen LogP contribution in [0.2, 0.25) is 5.02 Å². The van der Waals surface area contributed by atoms with Crippen molar-refractivity contribution in [3.63, 3.8) is 0 Å². The quantitative estimate of drug-likeness (QED) is 0.634. The molecule has 10 heteroatoms. The van der Waals surface area contributed by atoms with Crippen LogP contribution < -0.4 is 9.67 Å². The fourth-order valence-electron chi connectivity index (χ4n) is 2.86. The number of esters is 1. The summed E-state index contributed by atoms with van der Waals surface area (Å²) in [5.74, 6) is 0.308. The Hall–Kier alpha value is -1.58. The zero-order chi connectivity index (χ0) is 20.3. The highest BCUT2D eigenvalue weighted by atomic mass is 35.5. The zero-order valence-corrected chi connectivity index (χ0v) is 18.0. The fourth-order valence-corrected chi connectivity index (χ4v) is 4.62. The van der Waals surface area contributed by atoms with Gasteiger partial charge in [0.25, 0.3) is 0 Å². The Morgan fingerprint density at radius 1 is 1.39 bits per heavy atom. The van der Waals surface area contributed by atoms with Crippen molar-refractivity contribution in [2.75, 3.05) is 11.5 Å². The van der Waals surface area contributed by atoms with Crippen molar-refractivity contribution >= 4 is 46.4 Å². The number of hydrogen-bond acceptors (Lipinski definition) is 6. The molecule has 1 aromatic heterocycles. The van der Waals surface area contributed by atoms with Gasteiger partial charge in [-0.25, -0.2) is 18.9 Å². The minimum Gasteiger partial charge on any atom is -0.458 e. The first-order chi connectivity index (χ1) is 13.4. The maximum Gasteiger partial charge on any atom is 0.340 e. The van der Waals surface area contributed by atoms with Crippen molar-refractivity contribution in [2.24, 2.45) is 4.99 Å². The monoisotopic (exact) mass is 445 g/mol. The van der Waals surface area contributed by atoms with Crippen molar-refractivity contribution in [1.29, 1.82) is 0 Å². The Kier molecular flexibility index (Phi) is 7.00. The van der Waals surface area contributed by atoms with E-state index in [1.807, 2.05) is 6.92 Å². The van der Waals surface area contributed by atoms with Crippen molar-refractivity contribution in [1.82, 2.24) is 9.36 Å². The first-order valence-electron chi connectivity index (χ1n) is 9.04. The SMILES string of the molecule is CCSCC(C)OC(=O)c1cc(/N=c2/sc(=O)n3n2CCCC3)c(F)cc1Cl. The van der Waals surface area contributed by atoms with Crippen LogP contribution in [0, 0.1) is 5.82 Å². The van der Waals surface area contributed by atoms with Gasteiger partial charge in [-0.15, -0.1) is 0 Å². The third kappa shape index (κ3) is 4.69. The molecule has 1 aromatic carbocycles. The number of thioether (sulfide) groups is 1. The Morgan fingerprint density at radius 3 is 2.82 bits per heavy atom. The lowest BCUT2D eigenvalue weighted by Crippen LogP contribution is -2.31. The number of halogens is 2. The highest BCUT2D eigenvalue weighted by molar-refractivity contribution is 7.99. The second kappa shape index (κ2) is 9.28. The van der Waals surface area contributed by atoms with E-state index in [4.69, 9.17) is 16.3 Å². The lowest BCUT2D eigenvalue weighted by atomic mass is 10.2. The van der Waals surface area contributed by atoms with Gasteiger partial charge in [-0.2, -0.15) is 11.8 Å². The van der Waals surface area contributed by atoms with Crippen LogP contribution in [-0.4, -0.2) is 32.9 Å². The third-order valence-corrected chi connectivity index (χ3v) is 6.52. The van der Waals surface area contributed by atoms with E-state index >= 15 is 0 Å². The predicted molar refractivity (Wildman–Crippen MR) is 110 cm³/mol. The molecule has 0 aliphatic carbocycles. The number of hydrogen-bond donors (Lipinski definition) is 0. The molecule has 1 aliphatic heterocycles. The molecular formula is C18H21ClFN3O3S2. The average Bonchev–Trinajstić information content (AvgIpc) is 2.98. The summed E-state index contributed by atoms with van der Waals surface area (Å²) < 4.78 is 23.2. The molecule has 1 aliphatic rings. The average molecular weight is 446 g/mol.